The minimum atomic E-state index is -0.588. The smallest absolute Gasteiger partial charge is 0.306 e. The van der Waals surface area contributed by atoms with E-state index in [1.165, 1.54) is 11.3 Å². The number of carbonyl (C=O) groups is 4. The summed E-state index contributed by atoms with van der Waals surface area (Å²) in [5.74, 6) is -1.17. The van der Waals surface area contributed by atoms with Gasteiger partial charge in [0.2, 0.25) is 5.91 Å². The lowest BCUT2D eigenvalue weighted by atomic mass is 10.1. The third-order valence-corrected chi connectivity index (χ3v) is 4.44. The van der Waals surface area contributed by atoms with Crippen LogP contribution in [0.4, 0.5) is 5.69 Å². The number of hydrogen-bond donors (Lipinski definition) is 1. The van der Waals surface area contributed by atoms with Crippen molar-refractivity contribution >= 4 is 40.5 Å². The van der Waals surface area contributed by atoms with Crippen LogP contribution >= 0.6 is 11.3 Å². The Hall–Kier alpha value is -2.80. The third kappa shape index (κ3) is 5.93. The lowest BCUT2D eigenvalue weighted by Crippen LogP contribution is -2.15. The molecule has 1 aromatic carbocycles. The second-order valence-corrected chi connectivity index (χ2v) is 6.41. The van der Waals surface area contributed by atoms with E-state index in [4.69, 9.17) is 4.74 Å². The molecule has 0 aliphatic rings. The first-order valence-electron chi connectivity index (χ1n) is 8.15. The van der Waals surface area contributed by atoms with Crippen LogP contribution in [0.25, 0.3) is 0 Å². The second kappa shape index (κ2) is 9.62. The summed E-state index contributed by atoms with van der Waals surface area (Å²) >= 11 is 1.32. The summed E-state index contributed by atoms with van der Waals surface area (Å²) in [5.41, 5.74) is 0.972. The van der Waals surface area contributed by atoms with Crippen molar-refractivity contribution in [2.24, 2.45) is 0 Å². The molecular formula is C19H19NO5S. The predicted octanol–water partition coefficient (Wildman–Crippen LogP) is 3.49. The van der Waals surface area contributed by atoms with Crippen molar-refractivity contribution in [2.45, 2.75) is 26.2 Å². The highest BCUT2D eigenvalue weighted by molar-refractivity contribution is 7.12. The van der Waals surface area contributed by atoms with Gasteiger partial charge in [0.1, 0.15) is 0 Å². The van der Waals surface area contributed by atoms with Crippen LogP contribution < -0.4 is 5.32 Å². The maximum absolute atomic E-state index is 12.0. The Kier molecular flexibility index (Phi) is 7.23. The number of amides is 1. The molecule has 0 radical (unpaired) electrons. The Morgan fingerprint density at radius 1 is 1.00 bits per heavy atom. The summed E-state index contributed by atoms with van der Waals surface area (Å²) in [6.07, 6.45) is 0.358. The summed E-state index contributed by atoms with van der Waals surface area (Å²) in [6.45, 7) is 1.36. The van der Waals surface area contributed by atoms with Gasteiger partial charge >= 0.3 is 5.97 Å². The molecule has 1 aromatic heterocycles. The van der Waals surface area contributed by atoms with Gasteiger partial charge in [0, 0.05) is 24.1 Å². The largest absolute Gasteiger partial charge is 0.457 e. The van der Waals surface area contributed by atoms with Crippen LogP contribution in [0.15, 0.2) is 41.8 Å². The zero-order valence-electron chi connectivity index (χ0n) is 14.3. The molecule has 0 aliphatic carbocycles. The van der Waals surface area contributed by atoms with Crippen molar-refractivity contribution in [3.05, 3.63) is 52.2 Å². The van der Waals surface area contributed by atoms with E-state index in [-0.39, 0.29) is 36.9 Å². The number of hydrogen-bond acceptors (Lipinski definition) is 6. The van der Waals surface area contributed by atoms with Crippen LogP contribution in [0.5, 0.6) is 0 Å². The molecule has 0 saturated carbocycles. The number of anilines is 1. The summed E-state index contributed by atoms with van der Waals surface area (Å²) in [5, 5.41) is 4.47. The van der Waals surface area contributed by atoms with Crippen LogP contribution in [-0.2, 0) is 14.3 Å². The first-order valence-corrected chi connectivity index (χ1v) is 9.03. The standard InChI is InChI=1S/C19H19NO5S/c1-2-18(23)20-14-7-5-13(6-8-14)16(22)12-25-19(24)10-9-15(21)17-4-3-11-26-17/h3-8,11H,2,9-10,12H2,1H3,(H,20,23). The molecule has 0 spiro atoms. The van der Waals surface area contributed by atoms with Gasteiger partial charge in [-0.2, -0.15) is 0 Å². The van der Waals surface area contributed by atoms with Crippen LogP contribution in [0.3, 0.4) is 0 Å². The Bertz CT molecular complexity index is 781. The molecule has 0 fully saturated rings. The van der Waals surface area contributed by atoms with Gasteiger partial charge in [-0.3, -0.25) is 19.2 Å². The fourth-order valence-electron chi connectivity index (χ4n) is 2.07. The van der Waals surface area contributed by atoms with Crippen LogP contribution in [0.1, 0.15) is 46.2 Å². The van der Waals surface area contributed by atoms with Gasteiger partial charge in [-0.25, -0.2) is 0 Å². The number of esters is 1. The Morgan fingerprint density at radius 3 is 2.35 bits per heavy atom. The second-order valence-electron chi connectivity index (χ2n) is 5.46. The quantitative estimate of drug-likeness (QED) is 0.537. The van der Waals surface area contributed by atoms with E-state index in [2.05, 4.69) is 5.32 Å². The maximum atomic E-state index is 12.0. The van der Waals surface area contributed by atoms with Crippen LogP contribution in [0.2, 0.25) is 0 Å². The van der Waals surface area contributed by atoms with Gasteiger partial charge in [-0.1, -0.05) is 13.0 Å². The Labute approximate surface area is 155 Å². The highest BCUT2D eigenvalue weighted by Gasteiger charge is 2.13. The van der Waals surface area contributed by atoms with Crippen molar-refractivity contribution < 1.29 is 23.9 Å². The van der Waals surface area contributed by atoms with Crippen molar-refractivity contribution in [3.8, 4) is 0 Å². The van der Waals surface area contributed by atoms with Crippen LogP contribution in [-0.4, -0.2) is 30.0 Å². The minimum absolute atomic E-state index is 0.0549. The van der Waals surface area contributed by atoms with Gasteiger partial charge in [0.05, 0.1) is 11.3 Å². The number of ether oxygens (including phenoxy) is 1. The molecule has 0 bridgehead atoms. The first-order chi connectivity index (χ1) is 12.5. The van der Waals surface area contributed by atoms with Crippen molar-refractivity contribution in [1.29, 1.82) is 0 Å². The number of nitrogens with one attached hydrogen (secondary N) is 1. The summed E-state index contributed by atoms with van der Waals surface area (Å²) in [7, 11) is 0. The van der Waals surface area contributed by atoms with Crippen molar-refractivity contribution in [3.63, 3.8) is 0 Å². The summed E-state index contributed by atoms with van der Waals surface area (Å²) in [4.78, 5) is 47.4. The zero-order chi connectivity index (χ0) is 18.9. The molecule has 1 amide bonds. The van der Waals surface area contributed by atoms with E-state index in [1.807, 2.05) is 0 Å². The molecule has 7 heteroatoms. The normalized spacial score (nSPS) is 10.2. The van der Waals surface area contributed by atoms with Gasteiger partial charge in [-0.15, -0.1) is 11.3 Å². The highest BCUT2D eigenvalue weighted by Crippen LogP contribution is 2.13. The van der Waals surface area contributed by atoms with E-state index in [0.717, 1.165) is 0 Å². The Morgan fingerprint density at radius 2 is 1.73 bits per heavy atom. The topological polar surface area (TPSA) is 89.5 Å². The molecular weight excluding hydrogens is 354 g/mol. The van der Waals surface area contributed by atoms with E-state index in [1.54, 1.807) is 48.7 Å². The van der Waals surface area contributed by atoms with Crippen LogP contribution in [0, 0.1) is 0 Å². The van der Waals surface area contributed by atoms with Gasteiger partial charge in [-0.05, 0) is 35.7 Å². The molecule has 0 unspecified atom stereocenters. The van der Waals surface area contributed by atoms with Gasteiger partial charge < -0.3 is 10.1 Å². The van der Waals surface area contributed by atoms with Gasteiger partial charge in [0.15, 0.2) is 18.2 Å². The molecule has 0 saturated heterocycles. The average Bonchev–Trinajstić information content (AvgIpc) is 3.19. The zero-order valence-corrected chi connectivity index (χ0v) is 15.1. The number of ketones is 2. The lowest BCUT2D eigenvalue weighted by Gasteiger charge is -2.06. The molecule has 26 heavy (non-hydrogen) atoms. The van der Waals surface area contributed by atoms with E-state index in [9.17, 15) is 19.2 Å². The average molecular weight is 373 g/mol. The SMILES string of the molecule is CCC(=O)Nc1ccc(C(=O)COC(=O)CCC(=O)c2cccs2)cc1. The van der Waals surface area contributed by atoms with Gasteiger partial charge in [0.25, 0.3) is 0 Å². The molecule has 136 valence electrons. The Balaban J connectivity index is 1.76. The molecule has 2 aromatic rings. The number of thiophene rings is 1. The van der Waals surface area contributed by atoms with Crippen molar-refractivity contribution in [2.75, 3.05) is 11.9 Å². The predicted molar refractivity (Wildman–Crippen MR) is 98.5 cm³/mol. The molecule has 6 nitrogen and oxygen atoms in total. The number of benzene rings is 1. The number of Topliss-reactive ketones (excluding diaryl/α,β-unsaturated/α-hetero) is 2. The summed E-state index contributed by atoms with van der Waals surface area (Å²) < 4.78 is 4.93. The van der Waals surface area contributed by atoms with Crippen molar-refractivity contribution in [1.82, 2.24) is 0 Å². The van der Waals surface area contributed by atoms with E-state index in [0.29, 0.717) is 22.5 Å². The highest BCUT2D eigenvalue weighted by atomic mass is 32.1. The monoisotopic (exact) mass is 373 g/mol. The third-order valence-electron chi connectivity index (χ3n) is 3.53. The number of carbonyl (C=O) groups excluding carboxylic acids is 4. The molecule has 0 atom stereocenters. The van der Waals surface area contributed by atoms with E-state index < -0.39 is 5.97 Å². The summed E-state index contributed by atoms with van der Waals surface area (Å²) in [6, 6.07) is 9.82. The fraction of sp³-hybridized carbons (Fsp3) is 0.263. The number of rotatable bonds is 9. The van der Waals surface area contributed by atoms with E-state index >= 15 is 0 Å². The maximum Gasteiger partial charge on any atom is 0.306 e. The first kappa shape index (κ1) is 19.5. The molecule has 1 N–H and O–H groups in total. The molecule has 2 rings (SSSR count). The molecule has 1 heterocycles. The minimum Gasteiger partial charge on any atom is -0.457 e. The fourth-order valence-corrected chi connectivity index (χ4v) is 2.76. The lowest BCUT2D eigenvalue weighted by molar-refractivity contribution is -0.142. The molecule has 0 aliphatic heterocycles.